The number of rotatable bonds is 18. The number of aromatic hydroxyl groups is 10. The van der Waals surface area contributed by atoms with E-state index in [2.05, 4.69) is 46.9 Å². The molecule has 23 N–H and O–H groups in total. The van der Waals surface area contributed by atoms with Gasteiger partial charge in [0.1, 0.15) is 32.8 Å². The van der Waals surface area contributed by atoms with Crippen LogP contribution in [0.3, 0.4) is 0 Å². The number of phenolic OH excluding ortho intramolecular Hbond substituents is 2. The molecule has 658 valence electrons. The van der Waals surface area contributed by atoms with E-state index < -0.39 is 176 Å². The molecule has 0 aliphatic rings. The largest absolute Gasteiger partial charge is 0.504 e. The normalized spacial score (nSPS) is 10.3. The van der Waals surface area contributed by atoms with Crippen molar-refractivity contribution in [2.75, 3.05) is 0 Å². The van der Waals surface area contributed by atoms with Gasteiger partial charge in [-0.2, -0.15) is 23.0 Å². The van der Waals surface area contributed by atoms with E-state index in [1.165, 1.54) is 19.1 Å². The Balaban J connectivity index is 0.000000692. The molecule has 43 nitrogen and oxygen atoms in total. The minimum atomic E-state index is -1.50. The second-order valence-corrected chi connectivity index (χ2v) is 27.4. The maximum Gasteiger partial charge on any atom is 0.294 e. The number of aromatic nitrogens is 7. The summed E-state index contributed by atoms with van der Waals surface area (Å²) in [5.41, 5.74) is -8.57. The number of carbonyl (C=O) groups excluding carboxylic acids is 10. The number of hydrogen-bond donors (Lipinski definition) is 23. The third-order valence-corrected chi connectivity index (χ3v) is 14.5. The molecule has 0 radical (unpaired) electrons. The smallest absolute Gasteiger partial charge is 0.294 e. The first kappa shape index (κ1) is 104. The highest BCUT2D eigenvalue weighted by Gasteiger charge is 2.26. The Labute approximate surface area is 690 Å². The molecular weight excluding hydrogens is 1660 g/mol. The van der Waals surface area contributed by atoms with Crippen molar-refractivity contribution in [2.45, 2.75) is 147 Å². The maximum absolute atomic E-state index is 13.3. The van der Waals surface area contributed by atoms with Crippen LogP contribution in [0.25, 0.3) is 0 Å². The third kappa shape index (κ3) is 32.0. The van der Waals surface area contributed by atoms with Crippen molar-refractivity contribution in [3.8, 4) is 57.5 Å². The van der Waals surface area contributed by atoms with Crippen LogP contribution >= 0.6 is 23.2 Å². The van der Waals surface area contributed by atoms with Crippen LogP contribution in [-0.4, -0.2) is 196 Å². The van der Waals surface area contributed by atoms with Gasteiger partial charge in [-0.1, -0.05) is 44.0 Å². The van der Waals surface area contributed by atoms with Gasteiger partial charge >= 0.3 is 0 Å². The van der Waals surface area contributed by atoms with Gasteiger partial charge in [-0.15, -0.1) is 0 Å². The first-order chi connectivity index (χ1) is 55.9. The highest BCUT2D eigenvalue weighted by Crippen LogP contribution is 2.26. The van der Waals surface area contributed by atoms with Gasteiger partial charge in [-0.25, -0.2) is 0 Å². The molecule has 8 aromatic rings. The Kier molecular flexibility index (Phi) is 40.9. The van der Waals surface area contributed by atoms with Crippen molar-refractivity contribution in [1.29, 1.82) is 0 Å². The first-order valence-electron chi connectivity index (χ1n) is 35.0. The third-order valence-electron chi connectivity index (χ3n) is 13.8. The van der Waals surface area contributed by atoms with Crippen molar-refractivity contribution in [3.63, 3.8) is 0 Å². The summed E-state index contributed by atoms with van der Waals surface area (Å²) in [6, 6.07) is 5.53. The maximum atomic E-state index is 13.3. The number of benzene rings is 1. The Morgan fingerprint density at radius 3 is 1.27 bits per heavy atom. The molecule has 0 saturated carbocycles. The fraction of sp³-hybridized carbons (Fsp3) is 0.311. The van der Waals surface area contributed by atoms with E-state index in [1.54, 1.807) is 83.1 Å². The van der Waals surface area contributed by atoms with Crippen LogP contribution in [0.1, 0.15) is 194 Å². The van der Waals surface area contributed by atoms with Crippen molar-refractivity contribution >= 4 is 81.8 Å². The van der Waals surface area contributed by atoms with Gasteiger partial charge in [0, 0.05) is 90.9 Å². The number of phenols is 2. The number of pyridine rings is 7. The van der Waals surface area contributed by atoms with Crippen LogP contribution in [0.2, 0.25) is 10.0 Å². The molecule has 1 aromatic carbocycles. The summed E-state index contributed by atoms with van der Waals surface area (Å²) in [4.78, 5) is 200. The summed E-state index contributed by atoms with van der Waals surface area (Å²) in [6.45, 7) is 25.5. The molecule has 6 amide bonds. The molecular formula is C74H89Cl2F2N13O30. The molecule has 0 aliphatic carbocycles. The molecule has 7 heterocycles. The molecule has 0 bridgehead atoms. The predicted octanol–water partition coefficient (Wildman–Crippen LogP) is 3.48. The number of nitrogens with zero attached hydrogens (tertiary/aromatic N) is 3. The monoisotopic (exact) mass is 1750 g/mol. The minimum Gasteiger partial charge on any atom is -0.504 e. The van der Waals surface area contributed by atoms with Gasteiger partial charge in [-0.05, 0) is 101 Å². The fourth-order valence-electron chi connectivity index (χ4n) is 8.17. The number of aromatic amines is 4. The summed E-state index contributed by atoms with van der Waals surface area (Å²) < 4.78 is 27.3. The highest BCUT2D eigenvalue weighted by molar-refractivity contribution is 6.44. The van der Waals surface area contributed by atoms with Crippen LogP contribution in [0.4, 0.5) is 8.78 Å². The summed E-state index contributed by atoms with van der Waals surface area (Å²) >= 11 is 11.2. The summed E-state index contributed by atoms with van der Waals surface area (Å²) in [7, 11) is 0. The Bertz CT molecular complexity index is 5390. The van der Waals surface area contributed by atoms with E-state index in [0.717, 1.165) is 49.1 Å². The van der Waals surface area contributed by atoms with Gasteiger partial charge < -0.3 is 119 Å². The molecule has 8 rings (SSSR count). The van der Waals surface area contributed by atoms with Crippen LogP contribution in [0, 0.1) is 17.6 Å². The minimum absolute atomic E-state index is 0.000180. The second kappa shape index (κ2) is 47.4. The zero-order chi connectivity index (χ0) is 93.6. The van der Waals surface area contributed by atoms with E-state index in [-0.39, 0.29) is 98.3 Å². The number of nitrogens with one attached hydrogen (secondary N) is 10. The topological polar surface area (TPSA) is 703 Å². The fourth-order valence-corrected chi connectivity index (χ4v) is 8.68. The molecule has 7 aromatic heterocycles. The van der Waals surface area contributed by atoms with Gasteiger partial charge in [0.25, 0.3) is 51.9 Å². The van der Waals surface area contributed by atoms with E-state index >= 15 is 0 Å². The average Bonchev–Trinajstić information content (AvgIpc) is 0.784. The van der Waals surface area contributed by atoms with E-state index in [4.69, 9.17) is 74.3 Å². The predicted molar refractivity (Wildman–Crippen MR) is 424 cm³/mol. The lowest BCUT2D eigenvalue weighted by Gasteiger charge is -2.11. The lowest BCUT2D eigenvalue weighted by atomic mass is 9.99. The Hall–Kier alpha value is -14.8. The number of carbonyl (C=O) groups is 10. The highest BCUT2D eigenvalue weighted by atomic mass is 35.5. The number of hydrogen-bond acceptors (Lipinski definition) is 30. The molecule has 0 fully saturated rings. The zero-order valence-corrected chi connectivity index (χ0v) is 68.3. The quantitative estimate of drug-likeness (QED) is 0.0253. The Morgan fingerprint density at radius 1 is 0.397 bits per heavy atom. The lowest BCUT2D eigenvalue weighted by Crippen LogP contribution is -2.34. The summed E-state index contributed by atoms with van der Waals surface area (Å²) in [6.07, 6.45) is 5.05. The summed E-state index contributed by atoms with van der Waals surface area (Å²) in [5.74, 6) is -16.0. The number of ketones is 4. The zero-order valence-electron chi connectivity index (χ0n) is 66.8. The molecule has 0 aliphatic heterocycles. The average molecular weight is 1750 g/mol. The van der Waals surface area contributed by atoms with Gasteiger partial charge in [0.2, 0.25) is 62.2 Å². The SMILES string of the molecule is CC(C)C(=O)C(=O)c1ccc(O)c(O)c1.CC(C)NC(=O)c1[nH]cc(O)c(=O)c1Cl.CC(C)NC(=O)c1[nH]cc(O)c(=O)c1F.CC(C)NC(=O)c1c(Cl)c(=O)c(O)cn1O.CC(C)NC(=O)c1c(F)c(=O)c(O)cn1O.CC(C)NC(=O)c1cc(=O)c(O)c[nH]1.CC(C)NC(=O)c1cc(=O)c(O)cn1O.CCC(=O)C(=O)c1cc(O)c(O)c(=O)[nH]1. The van der Waals surface area contributed by atoms with E-state index in [0.29, 0.717) is 21.9 Å². The molecule has 0 saturated heterocycles. The van der Waals surface area contributed by atoms with Crippen molar-refractivity contribution in [2.24, 2.45) is 5.92 Å². The van der Waals surface area contributed by atoms with Gasteiger partial charge in [0.15, 0.2) is 63.1 Å². The molecule has 0 unspecified atom stereocenters. The summed E-state index contributed by atoms with van der Waals surface area (Å²) in [5, 5.41) is 132. The number of halogens is 4. The first-order valence-corrected chi connectivity index (χ1v) is 35.7. The van der Waals surface area contributed by atoms with Crippen molar-refractivity contribution < 1.29 is 123 Å². The van der Waals surface area contributed by atoms with Gasteiger partial charge in [0.05, 0.1) is 24.3 Å². The standard InChI is InChI=1S/C11H12O4.C9H11ClN2O4.C9H11ClN2O3.C9H11FN2O4.C9H11FN2O3.C9H12N2O4.C9H12N2O3.C9H9NO5/c1-6(2)10(14)11(15)7-3-4-8(12)9(13)5-7;1-4(2)11-9(15)7-6(10)8(14)5(13)3-12(7)16;1-4(2)12-9(15)7-6(10)8(14)5(13)3-11-7;1-4(2)11-9(15)7-6(10)8(14)5(13)3-12(7)16;1-4(2)12-9(15)7-6(10)8(14)5(13)3-11-7;1-5(2)10-9(14)6-3-7(12)8(13)4-11(6)15;1-5(2)11-9(14)6-3-7(12)8(13)4-10-6;1-2-5(11)7(13)4-3-6(12)8(14)9(15)10-4/h3-6,12-13H,1-2H3;3-4,13,16H,1-2H3,(H,11,15);3-4,13H,1-2H3,(H,11,14)(H,12,15);3-4,13,16H,1-2H3,(H,11,15);3-4,13H,1-2H3,(H,11,14)(H,12,15);3-5,13,15H,1-2H3,(H,10,14);3-5,13H,1-2H3,(H,10,12)(H,11,14);3,14H,2H2,1H3,(H2,10,12,15). The van der Waals surface area contributed by atoms with Crippen LogP contribution in [0.5, 0.6) is 57.5 Å². The molecule has 47 heteroatoms. The van der Waals surface area contributed by atoms with E-state index in [9.17, 15) is 106 Å². The molecule has 0 spiro atoms. The van der Waals surface area contributed by atoms with Crippen LogP contribution in [0.15, 0.2) is 107 Å². The molecule has 121 heavy (non-hydrogen) atoms. The Morgan fingerprint density at radius 2 is 0.802 bits per heavy atom. The van der Waals surface area contributed by atoms with Crippen molar-refractivity contribution in [3.05, 3.63) is 212 Å². The number of Topliss-reactive ketones (excluding diaryl/α,β-unsaturated/α-hetero) is 4. The number of H-pyrrole nitrogens is 4. The van der Waals surface area contributed by atoms with E-state index in [1.807, 2.05) is 18.8 Å². The molecule has 0 atom stereocenters. The van der Waals surface area contributed by atoms with Crippen LogP contribution < -0.4 is 70.0 Å². The van der Waals surface area contributed by atoms with Crippen molar-refractivity contribution in [1.82, 2.24) is 66.0 Å². The number of amides is 6. The van der Waals surface area contributed by atoms with Crippen LogP contribution in [-0.2, 0) is 9.59 Å². The second-order valence-electron chi connectivity index (χ2n) is 26.6. The van der Waals surface area contributed by atoms with Gasteiger partial charge in [-0.3, -0.25) is 81.5 Å². The lowest BCUT2D eigenvalue weighted by molar-refractivity contribution is -0.117.